The van der Waals surface area contributed by atoms with Gasteiger partial charge in [-0.3, -0.25) is 0 Å². The van der Waals surface area contributed by atoms with Crippen molar-refractivity contribution in [2.24, 2.45) is 0 Å². The van der Waals surface area contributed by atoms with Crippen LogP contribution in [0.4, 0.5) is 51.2 Å². The first-order valence-corrected chi connectivity index (χ1v) is 31.7. The molecule has 1 spiro atoms. The molecular formula is C85H71N3O. The molecule has 4 nitrogen and oxygen atoms in total. The molecule has 1 unspecified atom stereocenters. The van der Waals surface area contributed by atoms with E-state index >= 15 is 0 Å². The van der Waals surface area contributed by atoms with Crippen LogP contribution >= 0.6 is 0 Å². The van der Waals surface area contributed by atoms with E-state index in [-0.39, 0.29) is 21.7 Å². The Bertz CT molecular complexity index is 4970. The van der Waals surface area contributed by atoms with Crippen molar-refractivity contribution in [3.8, 4) is 44.9 Å². The number of benzene rings is 12. The third-order valence-corrected chi connectivity index (χ3v) is 20.7. The summed E-state index contributed by atoms with van der Waals surface area (Å²) in [6.45, 7) is 23.3. The molecule has 12 aromatic carbocycles. The molecule has 1 atom stereocenters. The fourth-order valence-electron chi connectivity index (χ4n) is 16.3. The lowest BCUT2D eigenvalue weighted by atomic mass is 9.64. The average Bonchev–Trinajstić information content (AvgIpc) is 1.67. The molecule has 2 heterocycles. The lowest BCUT2D eigenvalue weighted by molar-refractivity contribution is 0.473. The van der Waals surface area contributed by atoms with E-state index in [4.69, 9.17) is 4.74 Å². The van der Waals surface area contributed by atoms with E-state index in [1.165, 1.54) is 99.8 Å². The van der Waals surface area contributed by atoms with Gasteiger partial charge < -0.3 is 19.4 Å². The van der Waals surface area contributed by atoms with Crippen molar-refractivity contribution in [2.45, 2.75) is 96.3 Å². The maximum atomic E-state index is 7.10. The summed E-state index contributed by atoms with van der Waals surface area (Å²) in [4.78, 5) is 7.55. The van der Waals surface area contributed by atoms with Crippen LogP contribution in [0.1, 0.15) is 125 Å². The first kappa shape index (κ1) is 53.3. The molecular weight excluding hydrogens is 1080 g/mol. The van der Waals surface area contributed by atoms with Gasteiger partial charge in [0.2, 0.25) is 0 Å². The standard InChI is InChI=1S/C85H71N3O/c1-81(2,3)52-34-38-54(39-35-52)86(56-43-46-68-64(48-56)59-22-13-15-26-66(59)83(68,7)8)58-42-45-63-72(50-58)85(70-28-17-18-30-74(70)88-75-31-19-20-32-77(75)89-78-33-21-29-71(85)80(78)88)73-51-76(61-24-11-12-25-62(61)79(63)73)87(55-40-36-53(37-41-55)82(4,5)6)57-44-47-69-65(49-57)60-23-14-16-27-67(60)84(69,9)10/h11-51H,1-10H3. The maximum absolute atomic E-state index is 7.10. The highest BCUT2D eigenvalue weighted by Crippen LogP contribution is 2.69. The second kappa shape index (κ2) is 18.6. The van der Waals surface area contributed by atoms with Crippen molar-refractivity contribution in [1.82, 2.24) is 0 Å². The minimum atomic E-state index is -0.862. The van der Waals surface area contributed by atoms with Gasteiger partial charge in [0.25, 0.3) is 0 Å². The zero-order valence-electron chi connectivity index (χ0n) is 52.4. The van der Waals surface area contributed by atoms with Crippen molar-refractivity contribution >= 4 is 62.0 Å². The molecule has 4 heteroatoms. The molecule has 0 bridgehead atoms. The fourth-order valence-corrected chi connectivity index (χ4v) is 16.3. The first-order valence-electron chi connectivity index (χ1n) is 31.7. The van der Waals surface area contributed by atoms with E-state index in [9.17, 15) is 0 Å². The second-order valence-corrected chi connectivity index (χ2v) is 28.5. The van der Waals surface area contributed by atoms with Crippen molar-refractivity contribution in [1.29, 1.82) is 0 Å². The number of anilines is 9. The Balaban J connectivity index is 0.971. The summed E-state index contributed by atoms with van der Waals surface area (Å²) in [5.74, 6) is 1.68. The summed E-state index contributed by atoms with van der Waals surface area (Å²) in [6, 6.07) is 94.9. The lowest BCUT2D eigenvalue weighted by Gasteiger charge is -2.47. The molecule has 0 radical (unpaired) electrons. The van der Waals surface area contributed by atoms with Gasteiger partial charge in [-0.15, -0.1) is 0 Å². The number of ether oxygens (including phenoxy) is 1. The predicted molar refractivity (Wildman–Crippen MR) is 371 cm³/mol. The Morgan fingerprint density at radius 2 is 0.787 bits per heavy atom. The zero-order chi connectivity index (χ0) is 60.7. The molecule has 3 aliphatic carbocycles. The van der Waals surface area contributed by atoms with Gasteiger partial charge in [-0.05, 0) is 196 Å². The number of nitrogens with zero attached hydrogens (tertiary/aromatic N) is 3. The first-order chi connectivity index (χ1) is 42.9. The van der Waals surface area contributed by atoms with Gasteiger partial charge in [0.05, 0.1) is 28.2 Å². The van der Waals surface area contributed by atoms with Crippen LogP contribution in [-0.2, 0) is 27.1 Å². The maximum Gasteiger partial charge on any atom is 0.151 e. The summed E-state index contributed by atoms with van der Waals surface area (Å²) < 4.78 is 7.10. The van der Waals surface area contributed by atoms with Crippen molar-refractivity contribution < 1.29 is 4.74 Å². The van der Waals surface area contributed by atoms with Crippen LogP contribution in [0.3, 0.4) is 0 Å². The summed E-state index contributed by atoms with van der Waals surface area (Å²) >= 11 is 0. The molecule has 89 heavy (non-hydrogen) atoms. The monoisotopic (exact) mass is 1150 g/mol. The zero-order valence-corrected chi connectivity index (χ0v) is 52.4. The average molecular weight is 1150 g/mol. The van der Waals surface area contributed by atoms with Gasteiger partial charge in [-0.1, -0.05) is 227 Å². The predicted octanol–water partition coefficient (Wildman–Crippen LogP) is 23.2. The molecule has 0 saturated carbocycles. The summed E-state index contributed by atoms with van der Waals surface area (Å²) in [6.07, 6.45) is 0. The van der Waals surface area contributed by atoms with Gasteiger partial charge in [0, 0.05) is 44.7 Å². The third-order valence-electron chi connectivity index (χ3n) is 20.7. The number of para-hydroxylation sites is 4. The summed E-state index contributed by atoms with van der Waals surface area (Å²) in [5.41, 5.74) is 29.2. The molecule has 12 aromatic rings. The van der Waals surface area contributed by atoms with Crippen LogP contribution < -0.4 is 19.4 Å². The van der Waals surface area contributed by atoms with Crippen LogP contribution in [0, 0.1) is 0 Å². The van der Waals surface area contributed by atoms with Crippen molar-refractivity contribution in [3.05, 3.63) is 304 Å². The van der Waals surface area contributed by atoms with Crippen LogP contribution in [0.2, 0.25) is 0 Å². The Kier molecular flexibility index (Phi) is 11.1. The molecule has 0 amide bonds. The smallest absolute Gasteiger partial charge is 0.151 e. The van der Waals surface area contributed by atoms with E-state index in [1.54, 1.807) is 0 Å². The van der Waals surface area contributed by atoms with Crippen molar-refractivity contribution in [3.63, 3.8) is 0 Å². The van der Waals surface area contributed by atoms with Gasteiger partial charge >= 0.3 is 0 Å². The number of hydrogen-bond acceptors (Lipinski definition) is 4. The molecule has 0 N–H and O–H groups in total. The second-order valence-electron chi connectivity index (χ2n) is 28.5. The van der Waals surface area contributed by atoms with E-state index < -0.39 is 5.41 Å². The SMILES string of the molecule is CC(C)(C)c1ccc(N(c2ccc3c(c2)-c2ccccc2C3(C)C)c2ccc3c(c2)C2(c4ccccc4N4c5ccccc5Oc5cccc2c54)c2cc(N(c4ccc(C(C)(C)C)cc4)c4ccc5c(c4)-c4ccccc4C5(C)C)c4ccccc4c2-3)cc1. The third kappa shape index (κ3) is 7.47. The highest BCUT2D eigenvalue weighted by Gasteiger charge is 2.55. The van der Waals surface area contributed by atoms with Gasteiger partial charge in [0.15, 0.2) is 11.5 Å². The minimum absolute atomic E-state index is 0.0186. The number of fused-ring (bicyclic) bond motifs is 19. The number of hydrogen-bond donors (Lipinski definition) is 0. The van der Waals surface area contributed by atoms with Crippen LogP contribution in [0.25, 0.3) is 44.2 Å². The molecule has 5 aliphatic rings. The van der Waals surface area contributed by atoms with E-state index in [0.717, 1.165) is 62.7 Å². The molecule has 17 rings (SSSR count). The van der Waals surface area contributed by atoms with Crippen molar-refractivity contribution in [2.75, 3.05) is 14.7 Å². The van der Waals surface area contributed by atoms with E-state index in [0.29, 0.717) is 0 Å². The molecule has 432 valence electrons. The normalized spacial score (nSPS) is 16.3. The highest BCUT2D eigenvalue weighted by molar-refractivity contribution is 6.13. The molecule has 0 fully saturated rings. The molecule has 2 aliphatic heterocycles. The Morgan fingerprint density at radius 1 is 0.326 bits per heavy atom. The largest absolute Gasteiger partial charge is 0.453 e. The van der Waals surface area contributed by atoms with E-state index in [1.807, 2.05) is 0 Å². The molecule has 0 aromatic heterocycles. The topological polar surface area (TPSA) is 19.0 Å². The van der Waals surface area contributed by atoms with Crippen LogP contribution in [0.15, 0.2) is 249 Å². The van der Waals surface area contributed by atoms with Crippen LogP contribution in [-0.4, -0.2) is 0 Å². The van der Waals surface area contributed by atoms with E-state index in [2.05, 4.69) is 333 Å². The highest BCUT2D eigenvalue weighted by atomic mass is 16.5. The van der Waals surface area contributed by atoms with Crippen LogP contribution in [0.5, 0.6) is 11.5 Å². The summed E-state index contributed by atoms with van der Waals surface area (Å²) in [7, 11) is 0. The Hall–Kier alpha value is -9.90. The molecule has 0 saturated heterocycles. The lowest BCUT2D eigenvalue weighted by Crippen LogP contribution is -2.37. The Morgan fingerprint density at radius 3 is 1.40 bits per heavy atom. The number of rotatable bonds is 6. The minimum Gasteiger partial charge on any atom is -0.453 e. The Labute approximate surface area is 524 Å². The van der Waals surface area contributed by atoms with Gasteiger partial charge in [-0.25, -0.2) is 0 Å². The quantitative estimate of drug-likeness (QED) is 0.165. The summed E-state index contributed by atoms with van der Waals surface area (Å²) in [5, 5.41) is 2.38. The van der Waals surface area contributed by atoms with Gasteiger partial charge in [-0.2, -0.15) is 0 Å². The van der Waals surface area contributed by atoms with Gasteiger partial charge in [0.1, 0.15) is 0 Å². The fraction of sp³-hybridized carbons (Fsp3) is 0.176.